The maximum Gasteiger partial charge on any atom is 0.407 e. The average Bonchev–Trinajstić information content (AvgIpc) is 2.21. The largest absolute Gasteiger partial charge is 0.444 e. The van der Waals surface area contributed by atoms with E-state index in [-0.39, 0.29) is 19.2 Å². The molecule has 3 N–H and O–H groups in total. The molecule has 0 saturated heterocycles. The van der Waals surface area contributed by atoms with Gasteiger partial charge in [-0.2, -0.15) is 0 Å². The molecule has 0 radical (unpaired) electrons. The highest BCUT2D eigenvalue weighted by molar-refractivity contribution is 5.68. The summed E-state index contributed by atoms with van der Waals surface area (Å²) in [6.45, 7) is 11.4. The van der Waals surface area contributed by atoms with Gasteiger partial charge in [0, 0.05) is 13.7 Å². The summed E-state index contributed by atoms with van der Waals surface area (Å²) < 4.78 is 15.5. The zero-order valence-corrected chi connectivity index (χ0v) is 14.1. The Kier molecular flexibility index (Phi) is 8.17. The molecular weight excluding hydrogens is 276 g/mol. The maximum absolute atomic E-state index is 11.7. The molecule has 0 bridgehead atoms. The lowest BCUT2D eigenvalue weighted by Gasteiger charge is -2.27. The van der Waals surface area contributed by atoms with Crippen LogP contribution in [0.1, 0.15) is 41.5 Å². The number of carbonyl (C=O) groups is 1. The molecule has 0 aromatic heterocycles. The molecule has 0 saturated carbocycles. The Hall–Kier alpha value is -0.890. The van der Waals surface area contributed by atoms with E-state index < -0.39 is 23.7 Å². The van der Waals surface area contributed by atoms with Crippen LogP contribution in [0.4, 0.5) is 4.79 Å². The third-order valence-corrected chi connectivity index (χ3v) is 2.09. The fraction of sp³-hybridized carbons (Fsp3) is 0.929. The van der Waals surface area contributed by atoms with Gasteiger partial charge in [0.25, 0.3) is 0 Å². The van der Waals surface area contributed by atoms with Gasteiger partial charge in [-0.3, -0.25) is 5.32 Å². The fourth-order valence-electron chi connectivity index (χ4n) is 1.45. The van der Waals surface area contributed by atoms with Crippen molar-refractivity contribution >= 4 is 6.09 Å². The van der Waals surface area contributed by atoms with Gasteiger partial charge in [-0.05, 0) is 41.5 Å². The number of hydrogen-bond donors (Lipinski definition) is 3. The standard InChI is InChI=1S/C14H30N2O5/c1-13(2,3)20-11(17)15-8-10(9-19-7)16-12(18)21-14(4,5)6/h10-11,15,17H,8-9H2,1-7H3,(H,16,18)/t10-,11+/m0/s1. The molecule has 0 aromatic rings. The third kappa shape index (κ3) is 12.6. The van der Waals surface area contributed by atoms with Crippen molar-refractivity contribution in [3.05, 3.63) is 0 Å². The van der Waals surface area contributed by atoms with E-state index in [1.54, 1.807) is 20.8 Å². The molecule has 0 rings (SSSR count). The number of aliphatic hydroxyl groups is 1. The van der Waals surface area contributed by atoms with E-state index in [0.717, 1.165) is 0 Å². The number of rotatable bonds is 7. The van der Waals surface area contributed by atoms with Crippen LogP contribution in [0.2, 0.25) is 0 Å². The van der Waals surface area contributed by atoms with E-state index in [1.807, 2.05) is 20.8 Å². The van der Waals surface area contributed by atoms with E-state index in [9.17, 15) is 9.90 Å². The molecule has 0 aliphatic rings. The van der Waals surface area contributed by atoms with Crippen molar-refractivity contribution in [3.8, 4) is 0 Å². The van der Waals surface area contributed by atoms with E-state index in [0.29, 0.717) is 0 Å². The zero-order valence-electron chi connectivity index (χ0n) is 14.1. The summed E-state index contributed by atoms with van der Waals surface area (Å²) in [4.78, 5) is 11.7. The van der Waals surface area contributed by atoms with Crippen LogP contribution < -0.4 is 10.6 Å². The van der Waals surface area contributed by atoms with Crippen molar-refractivity contribution in [2.24, 2.45) is 0 Å². The van der Waals surface area contributed by atoms with E-state index in [2.05, 4.69) is 10.6 Å². The minimum absolute atomic E-state index is 0.282. The monoisotopic (exact) mass is 306 g/mol. The summed E-state index contributed by atoms with van der Waals surface area (Å²) in [6.07, 6.45) is -1.65. The van der Waals surface area contributed by atoms with Gasteiger partial charge in [0.2, 0.25) is 6.41 Å². The Morgan fingerprint density at radius 1 is 1.14 bits per heavy atom. The van der Waals surface area contributed by atoms with Gasteiger partial charge < -0.3 is 24.6 Å². The fourth-order valence-corrected chi connectivity index (χ4v) is 1.45. The molecule has 0 fully saturated rings. The third-order valence-electron chi connectivity index (χ3n) is 2.09. The smallest absolute Gasteiger partial charge is 0.407 e. The highest BCUT2D eigenvalue weighted by atomic mass is 16.6. The lowest BCUT2D eigenvalue weighted by atomic mass is 10.2. The molecule has 0 aromatic carbocycles. The first-order chi connectivity index (χ1) is 9.43. The molecule has 1 amide bonds. The van der Waals surface area contributed by atoms with Crippen LogP contribution in [0.3, 0.4) is 0 Å². The SMILES string of the molecule is COC[C@H](CN[C@H](O)OC(C)(C)C)NC(=O)OC(C)(C)C. The second kappa shape index (κ2) is 8.53. The first-order valence-electron chi connectivity index (χ1n) is 7.00. The number of amides is 1. The van der Waals surface area contributed by atoms with Crippen molar-refractivity contribution in [2.75, 3.05) is 20.3 Å². The first-order valence-corrected chi connectivity index (χ1v) is 7.00. The summed E-state index contributed by atoms with van der Waals surface area (Å²) in [5.74, 6) is 0. The van der Waals surface area contributed by atoms with Crippen molar-refractivity contribution < 1.29 is 24.1 Å². The molecule has 21 heavy (non-hydrogen) atoms. The van der Waals surface area contributed by atoms with Crippen LogP contribution in [-0.2, 0) is 14.2 Å². The number of alkyl carbamates (subject to hydrolysis) is 1. The highest BCUT2D eigenvalue weighted by Gasteiger charge is 2.21. The molecule has 2 atom stereocenters. The second-order valence-corrected chi connectivity index (χ2v) is 6.79. The maximum atomic E-state index is 11.7. The summed E-state index contributed by atoms with van der Waals surface area (Å²) >= 11 is 0. The van der Waals surface area contributed by atoms with Gasteiger partial charge in [0.05, 0.1) is 18.2 Å². The topological polar surface area (TPSA) is 89.0 Å². The minimum atomic E-state index is -1.12. The Labute approximate surface area is 127 Å². The molecule has 126 valence electrons. The van der Waals surface area contributed by atoms with Gasteiger partial charge in [-0.25, -0.2) is 4.79 Å². The van der Waals surface area contributed by atoms with Crippen LogP contribution in [0.15, 0.2) is 0 Å². The predicted molar refractivity (Wildman–Crippen MR) is 79.9 cm³/mol. The molecule has 0 heterocycles. The number of nitrogens with one attached hydrogen (secondary N) is 2. The van der Waals surface area contributed by atoms with Crippen LogP contribution in [0, 0.1) is 0 Å². The molecule has 0 aliphatic heterocycles. The highest BCUT2D eigenvalue weighted by Crippen LogP contribution is 2.08. The molecule has 7 nitrogen and oxygen atoms in total. The number of aliphatic hydroxyl groups excluding tert-OH is 1. The molecule has 0 unspecified atom stereocenters. The van der Waals surface area contributed by atoms with Crippen LogP contribution >= 0.6 is 0 Å². The van der Waals surface area contributed by atoms with Gasteiger partial charge in [-0.15, -0.1) is 0 Å². The Bertz CT molecular complexity index is 309. The number of ether oxygens (including phenoxy) is 3. The van der Waals surface area contributed by atoms with E-state index in [4.69, 9.17) is 14.2 Å². The lowest BCUT2D eigenvalue weighted by molar-refractivity contribution is -0.182. The van der Waals surface area contributed by atoms with Crippen molar-refractivity contribution in [1.82, 2.24) is 10.6 Å². The van der Waals surface area contributed by atoms with Crippen LogP contribution in [0.25, 0.3) is 0 Å². The quantitative estimate of drug-likeness (QED) is 0.613. The first kappa shape index (κ1) is 20.1. The van der Waals surface area contributed by atoms with Crippen LogP contribution in [-0.4, -0.2) is 55.1 Å². The van der Waals surface area contributed by atoms with Crippen molar-refractivity contribution in [3.63, 3.8) is 0 Å². The summed E-state index contributed by atoms with van der Waals surface area (Å²) in [6, 6.07) is -0.344. The van der Waals surface area contributed by atoms with Crippen molar-refractivity contribution in [2.45, 2.75) is 65.2 Å². The number of hydrogen-bond acceptors (Lipinski definition) is 6. The predicted octanol–water partition coefficient (Wildman–Crippen LogP) is 1.21. The normalized spacial score (nSPS) is 15.4. The Morgan fingerprint density at radius 2 is 1.71 bits per heavy atom. The van der Waals surface area contributed by atoms with E-state index in [1.165, 1.54) is 7.11 Å². The Morgan fingerprint density at radius 3 is 2.14 bits per heavy atom. The van der Waals surface area contributed by atoms with Gasteiger partial charge in [0.1, 0.15) is 5.60 Å². The summed E-state index contributed by atoms with van der Waals surface area (Å²) in [7, 11) is 1.53. The Balaban J connectivity index is 4.27. The number of carbonyl (C=O) groups excluding carboxylic acids is 1. The summed E-state index contributed by atoms with van der Waals surface area (Å²) in [5, 5.41) is 15.2. The van der Waals surface area contributed by atoms with Gasteiger partial charge in [0.15, 0.2) is 0 Å². The summed E-state index contributed by atoms with van der Waals surface area (Å²) in [5.41, 5.74) is -1.04. The van der Waals surface area contributed by atoms with Gasteiger partial charge in [-0.1, -0.05) is 0 Å². The van der Waals surface area contributed by atoms with E-state index >= 15 is 0 Å². The average molecular weight is 306 g/mol. The lowest BCUT2D eigenvalue weighted by Crippen LogP contribution is -2.50. The molecular formula is C14H30N2O5. The second-order valence-electron chi connectivity index (χ2n) is 6.79. The zero-order chi connectivity index (χ0) is 16.7. The molecule has 0 spiro atoms. The molecule has 0 aliphatic carbocycles. The number of methoxy groups -OCH3 is 1. The van der Waals surface area contributed by atoms with Gasteiger partial charge >= 0.3 is 6.09 Å². The van der Waals surface area contributed by atoms with Crippen molar-refractivity contribution in [1.29, 1.82) is 0 Å². The molecule has 7 heteroatoms. The minimum Gasteiger partial charge on any atom is -0.444 e. The van der Waals surface area contributed by atoms with Crippen LogP contribution in [0.5, 0.6) is 0 Å².